The quantitative estimate of drug-likeness (QED) is 0.587. The molecule has 0 heterocycles. The minimum absolute atomic E-state index is 0.246. The maximum Gasteiger partial charge on any atom is 0.154 e. The smallest absolute Gasteiger partial charge is 0.154 e. The molecule has 5 heteroatoms. The summed E-state index contributed by atoms with van der Waals surface area (Å²) < 4.78 is 5.59. The van der Waals surface area contributed by atoms with Gasteiger partial charge >= 0.3 is 0 Å². The van der Waals surface area contributed by atoms with Gasteiger partial charge in [0.25, 0.3) is 0 Å². The molecule has 2 aromatic carbocycles. The second-order valence-electron chi connectivity index (χ2n) is 3.62. The Morgan fingerprint density at radius 2 is 1.41 bits per heavy atom. The van der Waals surface area contributed by atoms with Crippen LogP contribution in [0, 0.1) is 0 Å². The number of nitrogen functional groups attached to an aromatic ring is 4. The minimum Gasteiger partial charge on any atom is -0.455 e. The molecular formula is C12H14N4O. The average Bonchev–Trinajstić information content (AvgIpc) is 2.35. The van der Waals surface area contributed by atoms with E-state index in [0.717, 1.165) is 0 Å². The number of hydrogen-bond acceptors (Lipinski definition) is 5. The molecule has 0 spiro atoms. The first-order valence-corrected chi connectivity index (χ1v) is 5.05. The number of benzene rings is 2. The molecule has 2 rings (SSSR count). The van der Waals surface area contributed by atoms with E-state index < -0.39 is 0 Å². The second-order valence-corrected chi connectivity index (χ2v) is 3.62. The van der Waals surface area contributed by atoms with E-state index in [1.165, 1.54) is 0 Å². The first-order valence-electron chi connectivity index (χ1n) is 5.05. The molecule has 0 aliphatic heterocycles. The van der Waals surface area contributed by atoms with Gasteiger partial charge in [-0.05, 0) is 12.1 Å². The Kier molecular flexibility index (Phi) is 2.66. The van der Waals surface area contributed by atoms with Crippen molar-refractivity contribution in [1.82, 2.24) is 0 Å². The van der Waals surface area contributed by atoms with Gasteiger partial charge in [-0.1, -0.05) is 18.2 Å². The standard InChI is InChI=1S/C12H14N4O/c13-8-6-9(11(15)12(16)10(8)14)17-7-4-2-1-3-5-7/h1-6H,13-16H2. The molecule has 0 saturated heterocycles. The lowest BCUT2D eigenvalue weighted by Crippen LogP contribution is -2.05. The van der Waals surface area contributed by atoms with E-state index in [4.69, 9.17) is 27.7 Å². The van der Waals surface area contributed by atoms with Gasteiger partial charge in [0.15, 0.2) is 5.75 Å². The predicted octanol–water partition coefficient (Wildman–Crippen LogP) is 1.81. The minimum atomic E-state index is 0.246. The molecule has 88 valence electrons. The molecule has 0 aromatic heterocycles. The van der Waals surface area contributed by atoms with Gasteiger partial charge in [0.1, 0.15) is 11.4 Å². The average molecular weight is 230 g/mol. The fourth-order valence-corrected chi connectivity index (χ4v) is 1.43. The van der Waals surface area contributed by atoms with Gasteiger partial charge in [-0.3, -0.25) is 0 Å². The van der Waals surface area contributed by atoms with Gasteiger partial charge in [-0.25, -0.2) is 0 Å². The van der Waals surface area contributed by atoms with Crippen LogP contribution in [-0.4, -0.2) is 0 Å². The third kappa shape index (κ3) is 2.03. The van der Waals surface area contributed by atoms with E-state index in [0.29, 0.717) is 22.9 Å². The highest BCUT2D eigenvalue weighted by Gasteiger charge is 2.11. The van der Waals surface area contributed by atoms with Crippen molar-refractivity contribution >= 4 is 22.7 Å². The van der Waals surface area contributed by atoms with Gasteiger partial charge < -0.3 is 27.7 Å². The zero-order chi connectivity index (χ0) is 12.4. The zero-order valence-corrected chi connectivity index (χ0v) is 9.18. The molecule has 2 aromatic rings. The summed E-state index contributed by atoms with van der Waals surface area (Å²) in [5.41, 5.74) is 24.1. The van der Waals surface area contributed by atoms with Crippen LogP contribution >= 0.6 is 0 Å². The Morgan fingerprint density at radius 3 is 2.06 bits per heavy atom. The summed E-state index contributed by atoms with van der Waals surface area (Å²) in [4.78, 5) is 0. The Bertz CT molecular complexity index is 540. The van der Waals surface area contributed by atoms with Crippen molar-refractivity contribution in [2.24, 2.45) is 0 Å². The van der Waals surface area contributed by atoms with Gasteiger partial charge in [-0.15, -0.1) is 0 Å². The van der Waals surface area contributed by atoms with E-state index in [1.54, 1.807) is 6.07 Å². The van der Waals surface area contributed by atoms with Crippen LogP contribution in [0.15, 0.2) is 36.4 Å². The van der Waals surface area contributed by atoms with Crippen molar-refractivity contribution in [2.75, 3.05) is 22.9 Å². The van der Waals surface area contributed by atoms with Crippen LogP contribution in [-0.2, 0) is 0 Å². The largest absolute Gasteiger partial charge is 0.455 e. The maximum atomic E-state index is 5.81. The molecular weight excluding hydrogens is 216 g/mol. The van der Waals surface area contributed by atoms with Crippen molar-refractivity contribution < 1.29 is 4.74 Å². The molecule has 0 aliphatic rings. The number of hydrogen-bond donors (Lipinski definition) is 4. The van der Waals surface area contributed by atoms with Crippen LogP contribution in [0.2, 0.25) is 0 Å². The van der Waals surface area contributed by atoms with Crippen LogP contribution in [0.4, 0.5) is 22.7 Å². The molecule has 8 N–H and O–H groups in total. The molecule has 0 aliphatic carbocycles. The molecule has 0 fully saturated rings. The molecule has 0 amide bonds. The number of nitrogens with two attached hydrogens (primary N) is 4. The molecule has 0 atom stereocenters. The third-order valence-electron chi connectivity index (χ3n) is 2.41. The fourth-order valence-electron chi connectivity index (χ4n) is 1.43. The molecule has 0 bridgehead atoms. The molecule has 17 heavy (non-hydrogen) atoms. The Hall–Kier alpha value is -2.56. The number of ether oxygens (including phenoxy) is 1. The van der Waals surface area contributed by atoms with E-state index in [2.05, 4.69) is 0 Å². The Labute approximate surface area is 99.0 Å². The Balaban J connectivity index is 2.41. The van der Waals surface area contributed by atoms with Gasteiger partial charge in [0.2, 0.25) is 0 Å². The lowest BCUT2D eigenvalue weighted by Gasteiger charge is -2.13. The first-order chi connectivity index (χ1) is 8.09. The SMILES string of the molecule is Nc1cc(Oc2ccccc2)c(N)c(N)c1N. The van der Waals surface area contributed by atoms with E-state index in [-0.39, 0.29) is 11.4 Å². The monoisotopic (exact) mass is 230 g/mol. The predicted molar refractivity (Wildman–Crippen MR) is 70.6 cm³/mol. The lowest BCUT2D eigenvalue weighted by molar-refractivity contribution is 0.485. The van der Waals surface area contributed by atoms with Crippen molar-refractivity contribution in [3.05, 3.63) is 36.4 Å². The normalized spacial score (nSPS) is 10.1. The Morgan fingerprint density at radius 1 is 0.765 bits per heavy atom. The van der Waals surface area contributed by atoms with Crippen molar-refractivity contribution in [1.29, 1.82) is 0 Å². The zero-order valence-electron chi connectivity index (χ0n) is 9.18. The number of para-hydroxylation sites is 1. The van der Waals surface area contributed by atoms with Crippen LogP contribution in [0.5, 0.6) is 11.5 Å². The van der Waals surface area contributed by atoms with E-state index >= 15 is 0 Å². The number of rotatable bonds is 2. The summed E-state index contributed by atoms with van der Waals surface area (Å²) >= 11 is 0. The molecule has 0 unspecified atom stereocenters. The first kappa shape index (κ1) is 10.9. The van der Waals surface area contributed by atoms with Crippen LogP contribution in [0.3, 0.4) is 0 Å². The third-order valence-corrected chi connectivity index (χ3v) is 2.41. The van der Waals surface area contributed by atoms with Crippen LogP contribution in [0.1, 0.15) is 0 Å². The van der Waals surface area contributed by atoms with Crippen molar-refractivity contribution in [3.8, 4) is 11.5 Å². The highest BCUT2D eigenvalue weighted by atomic mass is 16.5. The fraction of sp³-hybridized carbons (Fsp3) is 0. The van der Waals surface area contributed by atoms with E-state index in [1.807, 2.05) is 30.3 Å². The lowest BCUT2D eigenvalue weighted by atomic mass is 10.2. The molecule has 5 nitrogen and oxygen atoms in total. The summed E-state index contributed by atoms with van der Waals surface area (Å²) in [7, 11) is 0. The van der Waals surface area contributed by atoms with Crippen LogP contribution < -0.4 is 27.7 Å². The maximum absolute atomic E-state index is 5.81. The number of anilines is 4. The highest BCUT2D eigenvalue weighted by molar-refractivity contribution is 5.90. The summed E-state index contributed by atoms with van der Waals surface area (Å²) in [5, 5.41) is 0. The van der Waals surface area contributed by atoms with Gasteiger partial charge in [-0.2, -0.15) is 0 Å². The van der Waals surface area contributed by atoms with Gasteiger partial charge in [0, 0.05) is 6.07 Å². The van der Waals surface area contributed by atoms with Crippen LogP contribution in [0.25, 0.3) is 0 Å². The summed E-state index contributed by atoms with van der Waals surface area (Å²) in [5.74, 6) is 1.06. The summed E-state index contributed by atoms with van der Waals surface area (Å²) in [6, 6.07) is 10.8. The highest BCUT2D eigenvalue weighted by Crippen LogP contribution is 2.38. The van der Waals surface area contributed by atoms with E-state index in [9.17, 15) is 0 Å². The molecule has 0 saturated carbocycles. The molecule has 0 radical (unpaired) electrons. The van der Waals surface area contributed by atoms with Gasteiger partial charge in [0.05, 0.1) is 17.1 Å². The van der Waals surface area contributed by atoms with Crippen molar-refractivity contribution in [3.63, 3.8) is 0 Å². The summed E-state index contributed by atoms with van der Waals surface area (Å²) in [6.07, 6.45) is 0. The summed E-state index contributed by atoms with van der Waals surface area (Å²) in [6.45, 7) is 0. The topological polar surface area (TPSA) is 113 Å². The second kappa shape index (κ2) is 4.13. The van der Waals surface area contributed by atoms with Crippen molar-refractivity contribution in [2.45, 2.75) is 0 Å².